The smallest absolute Gasteiger partial charge is 0.306 e. The van der Waals surface area contributed by atoms with Gasteiger partial charge in [0.15, 0.2) is 6.10 Å². The topological polar surface area (TPSA) is 111 Å². The van der Waals surface area contributed by atoms with Crippen molar-refractivity contribution < 1.29 is 42.1 Å². The van der Waals surface area contributed by atoms with E-state index in [9.17, 15) is 19.0 Å². The third-order valence-electron chi connectivity index (χ3n) is 9.08. The van der Waals surface area contributed by atoms with Gasteiger partial charge in [-0.3, -0.25) is 14.2 Å². The molecule has 0 saturated heterocycles. The van der Waals surface area contributed by atoms with E-state index in [1.54, 1.807) is 0 Å². The van der Waals surface area contributed by atoms with Crippen molar-refractivity contribution in [1.82, 2.24) is 0 Å². The number of phosphoric ester groups is 1. The predicted molar refractivity (Wildman–Crippen MR) is 227 cm³/mol. The number of phosphoric acid groups is 1. The van der Waals surface area contributed by atoms with Gasteiger partial charge in [0, 0.05) is 12.8 Å². The van der Waals surface area contributed by atoms with E-state index >= 15 is 0 Å². The standard InChI is InChI=1S/C45H82NO8P/c1-6-8-10-12-14-16-18-20-22-24-25-27-29-31-33-35-37-44(47)51-41-43(42-53-55(49,50)52-40-39-46(3,4)5)54-45(48)38-36-34-32-30-28-26-23-21-19-17-15-13-11-9-7-2/h9,11,15,17,21-24,43H,6-8,10,12-14,16,18-20,25-42H2,1-5H3/b11-9-,17-15-,23-21-,24-22-. The lowest BCUT2D eigenvalue weighted by Gasteiger charge is -2.28. The van der Waals surface area contributed by atoms with Crippen LogP contribution in [0, 0.1) is 0 Å². The number of carbonyl (C=O) groups excluding carboxylic acids is 2. The quantitative estimate of drug-likeness (QED) is 0.0199. The number of hydrogen-bond acceptors (Lipinski definition) is 8. The summed E-state index contributed by atoms with van der Waals surface area (Å²) in [7, 11) is 1.14. The van der Waals surface area contributed by atoms with Crippen LogP contribution in [0.1, 0.15) is 174 Å². The number of quaternary nitrogens is 1. The lowest BCUT2D eigenvalue weighted by atomic mass is 10.1. The van der Waals surface area contributed by atoms with Crippen molar-refractivity contribution in [2.45, 2.75) is 180 Å². The Kier molecular flexibility index (Phi) is 36.2. The van der Waals surface area contributed by atoms with Crippen LogP contribution in [0.15, 0.2) is 48.6 Å². The second-order valence-electron chi connectivity index (χ2n) is 15.7. The molecule has 0 bridgehead atoms. The van der Waals surface area contributed by atoms with Crippen LogP contribution in [0.4, 0.5) is 0 Å². The highest BCUT2D eigenvalue weighted by molar-refractivity contribution is 7.45. The van der Waals surface area contributed by atoms with Gasteiger partial charge in [-0.25, -0.2) is 0 Å². The van der Waals surface area contributed by atoms with E-state index in [-0.39, 0.29) is 26.1 Å². The van der Waals surface area contributed by atoms with Crippen LogP contribution < -0.4 is 4.89 Å². The second-order valence-corrected chi connectivity index (χ2v) is 17.1. The van der Waals surface area contributed by atoms with E-state index in [1.165, 1.54) is 51.4 Å². The van der Waals surface area contributed by atoms with Crippen molar-refractivity contribution in [2.24, 2.45) is 0 Å². The fraction of sp³-hybridized carbons (Fsp3) is 0.778. The van der Waals surface area contributed by atoms with Crippen molar-refractivity contribution in [1.29, 1.82) is 0 Å². The Labute approximate surface area is 337 Å². The molecule has 55 heavy (non-hydrogen) atoms. The minimum Gasteiger partial charge on any atom is -0.756 e. The Morgan fingerprint density at radius 3 is 1.56 bits per heavy atom. The van der Waals surface area contributed by atoms with Crippen LogP contribution in [0.25, 0.3) is 0 Å². The minimum atomic E-state index is -4.63. The molecule has 0 aliphatic rings. The summed E-state index contributed by atoms with van der Waals surface area (Å²) in [5.74, 6) is -0.866. The van der Waals surface area contributed by atoms with Gasteiger partial charge in [0.2, 0.25) is 0 Å². The largest absolute Gasteiger partial charge is 0.756 e. The summed E-state index contributed by atoms with van der Waals surface area (Å²) in [5.41, 5.74) is 0. The molecule has 9 nitrogen and oxygen atoms in total. The number of allylic oxidation sites excluding steroid dienone is 8. The van der Waals surface area contributed by atoms with E-state index in [4.69, 9.17) is 18.5 Å². The Morgan fingerprint density at radius 2 is 1.04 bits per heavy atom. The first-order valence-corrected chi connectivity index (χ1v) is 23.3. The summed E-state index contributed by atoms with van der Waals surface area (Å²) in [4.78, 5) is 37.5. The molecule has 0 fully saturated rings. The molecule has 10 heteroatoms. The molecule has 320 valence electrons. The van der Waals surface area contributed by atoms with Gasteiger partial charge in [0.1, 0.15) is 19.8 Å². The number of ether oxygens (including phenoxy) is 2. The monoisotopic (exact) mass is 796 g/mol. The van der Waals surface area contributed by atoms with Crippen LogP contribution in [0.5, 0.6) is 0 Å². The Balaban J connectivity index is 4.40. The summed E-state index contributed by atoms with van der Waals surface area (Å²) in [6.45, 7) is 4.07. The van der Waals surface area contributed by atoms with E-state index in [2.05, 4.69) is 62.5 Å². The number of hydrogen-bond donors (Lipinski definition) is 0. The highest BCUT2D eigenvalue weighted by atomic mass is 31.2. The molecule has 0 amide bonds. The predicted octanol–water partition coefficient (Wildman–Crippen LogP) is 11.7. The normalized spacial score (nSPS) is 14.1. The SMILES string of the molecule is CC/C=C\C/C=C\C/C=C\CCCCCCCC(=O)OC(COC(=O)CCCCCCC/C=C\CCCCCCCCC)COP(=O)([O-])OCC[N+](C)(C)C. The lowest BCUT2D eigenvalue weighted by molar-refractivity contribution is -0.870. The molecule has 0 heterocycles. The number of nitrogens with zero attached hydrogens (tertiary/aromatic N) is 1. The summed E-state index contributed by atoms with van der Waals surface area (Å²) >= 11 is 0. The van der Waals surface area contributed by atoms with Gasteiger partial charge in [-0.05, 0) is 70.6 Å². The number of unbranched alkanes of at least 4 members (excludes halogenated alkanes) is 17. The molecule has 0 rings (SSSR count). The maximum Gasteiger partial charge on any atom is 0.306 e. The van der Waals surface area contributed by atoms with Gasteiger partial charge in [0.05, 0.1) is 27.7 Å². The van der Waals surface area contributed by atoms with Gasteiger partial charge in [-0.1, -0.05) is 140 Å². The van der Waals surface area contributed by atoms with Gasteiger partial charge >= 0.3 is 11.9 Å². The zero-order valence-electron chi connectivity index (χ0n) is 35.9. The average Bonchev–Trinajstić information content (AvgIpc) is 3.13. The Hall–Kier alpha value is -2.03. The van der Waals surface area contributed by atoms with E-state index in [0.29, 0.717) is 23.9 Å². The Bertz CT molecular complexity index is 1080. The van der Waals surface area contributed by atoms with E-state index in [0.717, 1.165) is 83.5 Å². The molecule has 0 aromatic carbocycles. The second kappa shape index (κ2) is 37.5. The van der Waals surface area contributed by atoms with E-state index in [1.807, 2.05) is 21.1 Å². The molecular formula is C45H82NO8P. The molecule has 0 radical (unpaired) electrons. The number of rotatable bonds is 39. The van der Waals surface area contributed by atoms with Crippen LogP contribution in [0.2, 0.25) is 0 Å². The lowest BCUT2D eigenvalue weighted by Crippen LogP contribution is -2.37. The summed E-state index contributed by atoms with van der Waals surface area (Å²) in [6, 6.07) is 0. The first-order chi connectivity index (χ1) is 26.5. The van der Waals surface area contributed by atoms with Crippen molar-refractivity contribution >= 4 is 19.8 Å². The van der Waals surface area contributed by atoms with E-state index < -0.39 is 32.5 Å². The Morgan fingerprint density at radius 1 is 0.582 bits per heavy atom. The first kappa shape index (κ1) is 53.0. The molecule has 0 saturated carbocycles. The maximum absolute atomic E-state index is 12.7. The maximum atomic E-state index is 12.7. The third-order valence-corrected chi connectivity index (χ3v) is 10.0. The molecule has 0 aliphatic heterocycles. The van der Waals surface area contributed by atoms with Crippen molar-refractivity contribution in [3.8, 4) is 0 Å². The van der Waals surface area contributed by atoms with Crippen LogP contribution in [0.3, 0.4) is 0 Å². The number of esters is 2. The van der Waals surface area contributed by atoms with Crippen molar-refractivity contribution in [3.63, 3.8) is 0 Å². The molecule has 0 aromatic heterocycles. The number of likely N-dealkylation sites (N-methyl/N-ethyl adjacent to an activating group) is 1. The first-order valence-electron chi connectivity index (χ1n) is 21.8. The molecule has 0 aliphatic carbocycles. The average molecular weight is 796 g/mol. The molecular weight excluding hydrogens is 713 g/mol. The molecule has 0 spiro atoms. The van der Waals surface area contributed by atoms with Gasteiger partial charge < -0.3 is 27.9 Å². The van der Waals surface area contributed by atoms with Crippen LogP contribution in [-0.4, -0.2) is 70.0 Å². The van der Waals surface area contributed by atoms with Crippen LogP contribution in [-0.2, 0) is 32.7 Å². The fourth-order valence-corrected chi connectivity index (χ4v) is 6.39. The highest BCUT2D eigenvalue weighted by Crippen LogP contribution is 2.38. The zero-order chi connectivity index (χ0) is 40.7. The molecule has 2 atom stereocenters. The molecule has 0 aromatic rings. The summed E-state index contributed by atoms with van der Waals surface area (Å²) in [5, 5.41) is 0. The number of carbonyl (C=O) groups is 2. The molecule has 0 N–H and O–H groups in total. The fourth-order valence-electron chi connectivity index (χ4n) is 5.66. The van der Waals surface area contributed by atoms with Crippen molar-refractivity contribution in [2.75, 3.05) is 47.5 Å². The third kappa shape index (κ3) is 41.4. The summed E-state index contributed by atoms with van der Waals surface area (Å²) in [6.07, 6.45) is 42.8. The zero-order valence-corrected chi connectivity index (χ0v) is 36.8. The minimum absolute atomic E-state index is 0.0371. The van der Waals surface area contributed by atoms with Gasteiger partial charge in [-0.15, -0.1) is 0 Å². The van der Waals surface area contributed by atoms with Gasteiger partial charge in [0.25, 0.3) is 7.82 Å². The van der Waals surface area contributed by atoms with Crippen LogP contribution >= 0.6 is 7.82 Å². The van der Waals surface area contributed by atoms with Crippen molar-refractivity contribution in [3.05, 3.63) is 48.6 Å². The summed E-state index contributed by atoms with van der Waals surface area (Å²) < 4.78 is 33.9. The van der Waals surface area contributed by atoms with Gasteiger partial charge in [-0.2, -0.15) is 0 Å². The molecule has 2 unspecified atom stereocenters. The highest BCUT2D eigenvalue weighted by Gasteiger charge is 2.21.